The number of ether oxygens (including phenoxy) is 4. The Morgan fingerprint density at radius 2 is 1.75 bits per heavy atom. The molecular weight excluding hydrogens is 368 g/mol. The molecule has 2 atom stereocenters. The molecule has 0 bridgehead atoms. The zero-order valence-corrected chi connectivity index (χ0v) is 17.0. The number of carbonyl (C=O) groups excluding carboxylic acids is 2. The van der Waals surface area contributed by atoms with E-state index in [1.54, 1.807) is 39.0 Å². The number of alkyl carbamates (subject to hydrolysis) is 1. The summed E-state index contributed by atoms with van der Waals surface area (Å²) in [5.41, 5.74) is 0. The lowest BCUT2D eigenvalue weighted by molar-refractivity contribution is -0.124. The summed E-state index contributed by atoms with van der Waals surface area (Å²) in [6, 6.07) is 4.39. The van der Waals surface area contributed by atoms with Gasteiger partial charge in [-0.3, -0.25) is 4.79 Å². The average molecular weight is 398 g/mol. The van der Waals surface area contributed by atoms with Crippen molar-refractivity contribution in [3.05, 3.63) is 18.2 Å². The Morgan fingerprint density at radius 1 is 1.14 bits per heavy atom. The van der Waals surface area contributed by atoms with Crippen LogP contribution in [0.2, 0.25) is 0 Å². The van der Waals surface area contributed by atoms with E-state index in [0.29, 0.717) is 17.2 Å². The molecule has 0 radical (unpaired) electrons. The van der Waals surface area contributed by atoms with Gasteiger partial charge in [0.15, 0.2) is 11.5 Å². The molecule has 1 rings (SSSR count). The zero-order chi connectivity index (χ0) is 21.1. The van der Waals surface area contributed by atoms with Crippen molar-refractivity contribution < 1.29 is 33.6 Å². The summed E-state index contributed by atoms with van der Waals surface area (Å²) in [5.74, 6) is 0.720. The SMILES string of the molecule is CCOC(=O)NC(C(=O)NCC(O)COc1c(OC)cccc1OC)C(C)C. The molecule has 1 aromatic rings. The molecule has 0 aliphatic heterocycles. The number of methoxy groups -OCH3 is 2. The summed E-state index contributed by atoms with van der Waals surface area (Å²) in [6.07, 6.45) is -1.64. The third-order valence-corrected chi connectivity index (χ3v) is 3.81. The van der Waals surface area contributed by atoms with Crippen LogP contribution in [0.1, 0.15) is 20.8 Å². The van der Waals surface area contributed by atoms with Crippen LogP contribution >= 0.6 is 0 Å². The molecule has 9 nitrogen and oxygen atoms in total. The summed E-state index contributed by atoms with van der Waals surface area (Å²) in [4.78, 5) is 23.9. The maximum Gasteiger partial charge on any atom is 0.407 e. The lowest BCUT2D eigenvalue weighted by Crippen LogP contribution is -2.51. The first-order valence-corrected chi connectivity index (χ1v) is 9.06. The third-order valence-electron chi connectivity index (χ3n) is 3.81. The highest BCUT2D eigenvalue weighted by molar-refractivity contribution is 5.85. The van der Waals surface area contributed by atoms with Gasteiger partial charge in [0.2, 0.25) is 11.7 Å². The molecule has 28 heavy (non-hydrogen) atoms. The molecule has 2 amide bonds. The fraction of sp³-hybridized carbons (Fsp3) is 0.579. The Balaban J connectivity index is 2.58. The topological polar surface area (TPSA) is 115 Å². The lowest BCUT2D eigenvalue weighted by Gasteiger charge is -2.22. The van der Waals surface area contributed by atoms with E-state index in [1.165, 1.54) is 14.2 Å². The first-order chi connectivity index (χ1) is 13.3. The fourth-order valence-corrected chi connectivity index (χ4v) is 2.36. The molecule has 158 valence electrons. The Bertz CT molecular complexity index is 614. The number of hydrogen-bond donors (Lipinski definition) is 3. The maximum absolute atomic E-state index is 12.3. The van der Waals surface area contributed by atoms with E-state index < -0.39 is 24.1 Å². The van der Waals surface area contributed by atoms with Gasteiger partial charge in [-0.15, -0.1) is 0 Å². The molecule has 0 saturated carbocycles. The van der Waals surface area contributed by atoms with Gasteiger partial charge in [-0.25, -0.2) is 4.79 Å². The second-order valence-electron chi connectivity index (χ2n) is 6.29. The van der Waals surface area contributed by atoms with E-state index in [-0.39, 0.29) is 25.7 Å². The Hall–Kier alpha value is -2.68. The van der Waals surface area contributed by atoms with E-state index in [0.717, 1.165) is 0 Å². The van der Waals surface area contributed by atoms with Gasteiger partial charge in [0.25, 0.3) is 0 Å². The molecule has 0 aliphatic carbocycles. The van der Waals surface area contributed by atoms with E-state index in [1.807, 2.05) is 0 Å². The largest absolute Gasteiger partial charge is 0.493 e. The minimum atomic E-state index is -0.978. The first-order valence-electron chi connectivity index (χ1n) is 9.06. The van der Waals surface area contributed by atoms with Crippen molar-refractivity contribution in [3.8, 4) is 17.2 Å². The number of hydrogen-bond acceptors (Lipinski definition) is 7. The second kappa shape index (κ2) is 11.9. The van der Waals surface area contributed by atoms with Crippen LogP contribution in [0.15, 0.2) is 18.2 Å². The summed E-state index contributed by atoms with van der Waals surface area (Å²) >= 11 is 0. The van der Waals surface area contributed by atoms with Crippen LogP contribution in [0.5, 0.6) is 17.2 Å². The molecule has 0 saturated heterocycles. The summed E-state index contributed by atoms with van der Waals surface area (Å²) < 4.78 is 20.9. The van der Waals surface area contributed by atoms with Crippen LogP contribution in [0.25, 0.3) is 0 Å². The highest BCUT2D eigenvalue weighted by atomic mass is 16.5. The molecule has 3 N–H and O–H groups in total. The minimum Gasteiger partial charge on any atom is -0.493 e. The van der Waals surface area contributed by atoms with E-state index in [9.17, 15) is 14.7 Å². The number of aliphatic hydroxyl groups is 1. The monoisotopic (exact) mass is 398 g/mol. The van der Waals surface area contributed by atoms with Gasteiger partial charge in [0.1, 0.15) is 18.8 Å². The van der Waals surface area contributed by atoms with Crippen molar-refractivity contribution >= 4 is 12.0 Å². The molecule has 1 aromatic carbocycles. The van der Waals surface area contributed by atoms with Crippen molar-refractivity contribution in [3.63, 3.8) is 0 Å². The predicted octanol–water partition coefficient (Wildman–Crippen LogP) is 1.33. The van der Waals surface area contributed by atoms with Gasteiger partial charge in [-0.2, -0.15) is 0 Å². The van der Waals surface area contributed by atoms with Gasteiger partial charge >= 0.3 is 6.09 Å². The van der Waals surface area contributed by atoms with Crippen LogP contribution in [-0.4, -0.2) is 63.2 Å². The highest BCUT2D eigenvalue weighted by Crippen LogP contribution is 2.36. The number of carbonyl (C=O) groups is 2. The highest BCUT2D eigenvalue weighted by Gasteiger charge is 2.25. The van der Waals surface area contributed by atoms with Crippen molar-refractivity contribution in [2.45, 2.75) is 32.9 Å². The standard InChI is InChI=1S/C19H30N2O7/c1-6-27-19(24)21-16(12(2)3)18(23)20-10-13(22)11-28-17-14(25-4)8-7-9-15(17)26-5/h7-9,12-13,16,22H,6,10-11H2,1-5H3,(H,20,23)(H,21,24). The molecule has 9 heteroatoms. The van der Waals surface area contributed by atoms with Crippen molar-refractivity contribution in [2.24, 2.45) is 5.92 Å². The number of rotatable bonds is 11. The Kier molecular flexibility index (Phi) is 9.94. The van der Waals surface area contributed by atoms with Crippen LogP contribution in [0.4, 0.5) is 4.79 Å². The van der Waals surface area contributed by atoms with Gasteiger partial charge in [-0.05, 0) is 25.0 Å². The van der Waals surface area contributed by atoms with Gasteiger partial charge in [-0.1, -0.05) is 19.9 Å². The first kappa shape index (κ1) is 23.4. The quantitative estimate of drug-likeness (QED) is 0.515. The molecular formula is C19H30N2O7. The summed E-state index contributed by atoms with van der Waals surface area (Å²) in [5, 5.41) is 15.3. The van der Waals surface area contributed by atoms with Gasteiger partial charge in [0, 0.05) is 6.54 Å². The van der Waals surface area contributed by atoms with Crippen LogP contribution in [0.3, 0.4) is 0 Å². The second-order valence-corrected chi connectivity index (χ2v) is 6.29. The fourth-order valence-electron chi connectivity index (χ4n) is 2.36. The van der Waals surface area contributed by atoms with E-state index >= 15 is 0 Å². The molecule has 0 heterocycles. The van der Waals surface area contributed by atoms with Gasteiger partial charge in [0.05, 0.1) is 20.8 Å². The number of nitrogens with one attached hydrogen (secondary N) is 2. The number of amides is 2. The summed E-state index contributed by atoms with van der Waals surface area (Å²) in [7, 11) is 3.00. The van der Waals surface area contributed by atoms with Crippen LogP contribution in [0, 0.1) is 5.92 Å². The third kappa shape index (κ3) is 7.15. The average Bonchev–Trinajstić information content (AvgIpc) is 2.68. The molecule has 2 unspecified atom stereocenters. The number of para-hydroxylation sites is 1. The van der Waals surface area contributed by atoms with Crippen molar-refractivity contribution in [1.82, 2.24) is 10.6 Å². The molecule has 0 aromatic heterocycles. The Labute approximate surface area is 165 Å². The molecule has 0 spiro atoms. The maximum atomic E-state index is 12.3. The van der Waals surface area contributed by atoms with Crippen LogP contribution in [-0.2, 0) is 9.53 Å². The van der Waals surface area contributed by atoms with Crippen molar-refractivity contribution in [2.75, 3.05) is 34.0 Å². The van der Waals surface area contributed by atoms with Gasteiger partial charge < -0.3 is 34.7 Å². The zero-order valence-electron chi connectivity index (χ0n) is 17.0. The van der Waals surface area contributed by atoms with E-state index in [2.05, 4.69) is 10.6 Å². The number of benzene rings is 1. The smallest absolute Gasteiger partial charge is 0.407 e. The minimum absolute atomic E-state index is 0.0516. The van der Waals surface area contributed by atoms with Crippen molar-refractivity contribution in [1.29, 1.82) is 0 Å². The predicted molar refractivity (Wildman–Crippen MR) is 103 cm³/mol. The Morgan fingerprint density at radius 3 is 2.25 bits per heavy atom. The lowest BCUT2D eigenvalue weighted by atomic mass is 10.0. The van der Waals surface area contributed by atoms with E-state index in [4.69, 9.17) is 18.9 Å². The molecule has 0 fully saturated rings. The normalized spacial score (nSPS) is 12.7. The van der Waals surface area contributed by atoms with Crippen LogP contribution < -0.4 is 24.8 Å². The number of aliphatic hydroxyl groups excluding tert-OH is 1. The summed E-state index contributed by atoms with van der Waals surface area (Å²) in [6.45, 7) is 5.34. The molecule has 0 aliphatic rings.